The van der Waals surface area contributed by atoms with Crippen LogP contribution in [0, 0.1) is 0 Å². The molecule has 0 spiro atoms. The molecule has 4 nitrogen and oxygen atoms in total. The number of nitrogen functional groups attached to an aromatic ring is 1. The van der Waals surface area contributed by atoms with Crippen molar-refractivity contribution in [2.45, 2.75) is 0 Å². The maximum Gasteiger partial charge on any atom is 0.264 e. The largest absolute Gasteiger partial charge is 0.399 e. The Kier molecular flexibility index (Phi) is 3.75. The summed E-state index contributed by atoms with van der Waals surface area (Å²) in [5.74, 6) is -0.133. The van der Waals surface area contributed by atoms with E-state index in [0.29, 0.717) is 15.8 Å². The van der Waals surface area contributed by atoms with E-state index in [2.05, 4.69) is 10.3 Å². The summed E-state index contributed by atoms with van der Waals surface area (Å²) in [6.07, 6.45) is 1.83. The Hall–Kier alpha value is -2.53. The number of rotatable bonds is 2. The molecule has 0 radical (unpaired) electrons. The SMILES string of the molecule is Nc1ccc(/C=C2\SC(=Nc3ccccc3)NC2=O)cc1. The number of aliphatic imine (C=N–C) groups is 1. The molecule has 1 fully saturated rings. The lowest BCUT2D eigenvalue weighted by molar-refractivity contribution is -0.115. The smallest absolute Gasteiger partial charge is 0.264 e. The molecule has 0 aromatic heterocycles. The average Bonchev–Trinajstić information content (AvgIpc) is 2.82. The van der Waals surface area contributed by atoms with Crippen molar-refractivity contribution in [3.63, 3.8) is 0 Å². The molecule has 1 saturated heterocycles. The van der Waals surface area contributed by atoms with Gasteiger partial charge in [0.15, 0.2) is 5.17 Å². The van der Waals surface area contributed by atoms with Crippen molar-refractivity contribution in [1.82, 2.24) is 5.32 Å². The number of hydrogen-bond donors (Lipinski definition) is 2. The minimum atomic E-state index is -0.133. The van der Waals surface area contributed by atoms with Gasteiger partial charge in [-0.15, -0.1) is 0 Å². The molecule has 1 aliphatic heterocycles. The van der Waals surface area contributed by atoms with E-state index in [9.17, 15) is 4.79 Å². The first-order valence-electron chi connectivity index (χ1n) is 6.41. The highest BCUT2D eigenvalue weighted by Crippen LogP contribution is 2.28. The highest BCUT2D eigenvalue weighted by Gasteiger charge is 2.23. The van der Waals surface area contributed by atoms with Gasteiger partial charge in [-0.3, -0.25) is 4.79 Å². The molecule has 2 aromatic rings. The number of anilines is 1. The number of amidine groups is 1. The maximum absolute atomic E-state index is 11.9. The van der Waals surface area contributed by atoms with Gasteiger partial charge in [-0.1, -0.05) is 30.3 Å². The van der Waals surface area contributed by atoms with E-state index in [-0.39, 0.29) is 5.91 Å². The van der Waals surface area contributed by atoms with Crippen LogP contribution in [0.3, 0.4) is 0 Å². The zero-order chi connectivity index (χ0) is 14.7. The van der Waals surface area contributed by atoms with Crippen LogP contribution in [-0.2, 0) is 4.79 Å². The van der Waals surface area contributed by atoms with Gasteiger partial charge in [0.05, 0.1) is 10.6 Å². The number of carbonyl (C=O) groups is 1. The predicted molar refractivity (Wildman–Crippen MR) is 88.1 cm³/mol. The molecule has 104 valence electrons. The molecule has 3 rings (SSSR count). The minimum absolute atomic E-state index is 0.133. The first kappa shape index (κ1) is 13.5. The van der Waals surface area contributed by atoms with Crippen molar-refractivity contribution in [3.05, 3.63) is 65.1 Å². The number of amides is 1. The van der Waals surface area contributed by atoms with Gasteiger partial charge in [-0.2, -0.15) is 0 Å². The zero-order valence-corrected chi connectivity index (χ0v) is 11.9. The van der Waals surface area contributed by atoms with Gasteiger partial charge in [-0.25, -0.2) is 4.99 Å². The third kappa shape index (κ3) is 3.32. The maximum atomic E-state index is 11.9. The van der Waals surface area contributed by atoms with E-state index in [4.69, 9.17) is 5.73 Å². The molecule has 21 heavy (non-hydrogen) atoms. The molecule has 3 N–H and O–H groups in total. The van der Waals surface area contributed by atoms with E-state index in [1.165, 1.54) is 11.8 Å². The van der Waals surface area contributed by atoms with Gasteiger partial charge in [0.1, 0.15) is 0 Å². The molecule has 2 aromatic carbocycles. The van der Waals surface area contributed by atoms with E-state index in [1.807, 2.05) is 60.7 Å². The molecule has 0 saturated carbocycles. The van der Waals surface area contributed by atoms with Crippen LogP contribution in [0.25, 0.3) is 6.08 Å². The molecule has 0 unspecified atom stereocenters. The van der Waals surface area contributed by atoms with Crippen molar-refractivity contribution in [2.75, 3.05) is 5.73 Å². The monoisotopic (exact) mass is 295 g/mol. The van der Waals surface area contributed by atoms with Crippen LogP contribution in [0.15, 0.2) is 64.5 Å². The van der Waals surface area contributed by atoms with Gasteiger partial charge in [-0.05, 0) is 47.7 Å². The first-order chi connectivity index (χ1) is 10.2. The second kappa shape index (κ2) is 5.85. The molecular formula is C16H13N3OS. The van der Waals surface area contributed by atoms with E-state index >= 15 is 0 Å². The van der Waals surface area contributed by atoms with Crippen molar-refractivity contribution in [3.8, 4) is 0 Å². The Balaban J connectivity index is 1.82. The summed E-state index contributed by atoms with van der Waals surface area (Å²) in [6.45, 7) is 0. The number of benzene rings is 2. The standard InChI is InChI=1S/C16H13N3OS/c17-12-8-6-11(7-9-12)10-14-15(20)19-16(21-14)18-13-4-2-1-3-5-13/h1-10H,17H2,(H,18,19,20)/b14-10-. The summed E-state index contributed by atoms with van der Waals surface area (Å²) in [7, 11) is 0. The van der Waals surface area contributed by atoms with Crippen LogP contribution >= 0.6 is 11.8 Å². The summed E-state index contributed by atoms with van der Waals surface area (Å²) in [6, 6.07) is 16.9. The molecule has 0 bridgehead atoms. The van der Waals surface area contributed by atoms with Crippen LogP contribution in [0.4, 0.5) is 11.4 Å². The molecule has 0 aliphatic carbocycles. The van der Waals surface area contributed by atoms with E-state index in [0.717, 1.165) is 11.3 Å². The fraction of sp³-hybridized carbons (Fsp3) is 0. The number of thioether (sulfide) groups is 1. The quantitative estimate of drug-likeness (QED) is 0.660. The number of para-hydroxylation sites is 1. The molecule has 1 heterocycles. The van der Waals surface area contributed by atoms with Crippen molar-refractivity contribution in [1.29, 1.82) is 0 Å². The fourth-order valence-corrected chi connectivity index (χ4v) is 2.69. The van der Waals surface area contributed by atoms with Gasteiger partial charge in [0.25, 0.3) is 5.91 Å². The number of carbonyl (C=O) groups excluding carboxylic acids is 1. The molecule has 5 heteroatoms. The Labute approximate surface area is 126 Å². The lowest BCUT2D eigenvalue weighted by atomic mass is 10.2. The highest BCUT2D eigenvalue weighted by atomic mass is 32.2. The lowest BCUT2D eigenvalue weighted by Crippen LogP contribution is -2.19. The summed E-state index contributed by atoms with van der Waals surface area (Å²) in [5.41, 5.74) is 8.09. The first-order valence-corrected chi connectivity index (χ1v) is 7.22. The third-order valence-electron chi connectivity index (χ3n) is 2.87. The fourth-order valence-electron chi connectivity index (χ4n) is 1.84. The number of nitrogens with one attached hydrogen (secondary N) is 1. The van der Waals surface area contributed by atoms with Gasteiger partial charge < -0.3 is 11.1 Å². The second-order valence-electron chi connectivity index (χ2n) is 4.48. The van der Waals surface area contributed by atoms with Crippen molar-refractivity contribution >= 4 is 40.3 Å². The molecule has 0 atom stereocenters. The lowest BCUT2D eigenvalue weighted by Gasteiger charge is -1.96. The van der Waals surface area contributed by atoms with Crippen LogP contribution in [0.2, 0.25) is 0 Å². The normalized spacial score (nSPS) is 18.2. The Morgan fingerprint density at radius 3 is 2.48 bits per heavy atom. The van der Waals surface area contributed by atoms with Crippen LogP contribution in [0.1, 0.15) is 5.56 Å². The Morgan fingerprint density at radius 2 is 1.76 bits per heavy atom. The third-order valence-corrected chi connectivity index (χ3v) is 3.78. The number of nitrogens with two attached hydrogens (primary N) is 1. The second-order valence-corrected chi connectivity index (χ2v) is 5.51. The number of hydrogen-bond acceptors (Lipinski definition) is 4. The topological polar surface area (TPSA) is 67.5 Å². The van der Waals surface area contributed by atoms with Crippen LogP contribution in [-0.4, -0.2) is 11.1 Å². The van der Waals surface area contributed by atoms with E-state index in [1.54, 1.807) is 0 Å². The molecule has 1 aliphatic rings. The van der Waals surface area contributed by atoms with Crippen molar-refractivity contribution < 1.29 is 4.79 Å². The predicted octanol–water partition coefficient (Wildman–Crippen LogP) is 3.16. The van der Waals surface area contributed by atoms with Crippen molar-refractivity contribution in [2.24, 2.45) is 4.99 Å². The summed E-state index contributed by atoms with van der Waals surface area (Å²) < 4.78 is 0. The van der Waals surface area contributed by atoms with E-state index < -0.39 is 0 Å². The Bertz CT molecular complexity index is 721. The zero-order valence-electron chi connectivity index (χ0n) is 11.1. The summed E-state index contributed by atoms with van der Waals surface area (Å²) in [4.78, 5) is 17.0. The summed E-state index contributed by atoms with van der Waals surface area (Å²) in [5, 5.41) is 3.36. The average molecular weight is 295 g/mol. The van der Waals surface area contributed by atoms with Gasteiger partial charge in [0, 0.05) is 5.69 Å². The molecular weight excluding hydrogens is 282 g/mol. The Morgan fingerprint density at radius 1 is 1.05 bits per heavy atom. The van der Waals surface area contributed by atoms with Gasteiger partial charge in [0.2, 0.25) is 0 Å². The van der Waals surface area contributed by atoms with Gasteiger partial charge >= 0.3 is 0 Å². The highest BCUT2D eigenvalue weighted by molar-refractivity contribution is 8.18. The van der Waals surface area contributed by atoms with Crippen LogP contribution in [0.5, 0.6) is 0 Å². The van der Waals surface area contributed by atoms with Crippen LogP contribution < -0.4 is 11.1 Å². The summed E-state index contributed by atoms with van der Waals surface area (Å²) >= 11 is 1.33. The minimum Gasteiger partial charge on any atom is -0.399 e. The number of nitrogens with zero attached hydrogens (tertiary/aromatic N) is 1. The molecule has 1 amide bonds.